The third-order valence-corrected chi connectivity index (χ3v) is 8.05. The van der Waals surface area contributed by atoms with E-state index >= 15 is 0 Å². The molecular weight excluding hydrogens is 536 g/mol. The number of anilines is 1. The molecule has 2 aliphatic heterocycles. The summed E-state index contributed by atoms with van der Waals surface area (Å²) in [5, 5.41) is 2.79. The Hall–Kier alpha value is -3.83. The van der Waals surface area contributed by atoms with E-state index in [1.807, 2.05) is 54.6 Å². The average Bonchev–Trinajstić information content (AvgIpc) is 3.56. The Bertz CT molecular complexity index is 1530. The van der Waals surface area contributed by atoms with Crippen molar-refractivity contribution in [1.29, 1.82) is 0 Å². The van der Waals surface area contributed by atoms with Gasteiger partial charge in [0.05, 0.1) is 16.3 Å². The standard InChI is InChI=1S/C28H28N4O5S2/c1-18-25(27(35)32(30(18)2)20-9-5-3-6-10-20)29-24(33)11-7-4-8-14-31-26(34)23(39-28(31)38)16-19-12-13-21-22(15-19)37-17-36-21/h3,5-6,9-10,12-13,15-16H,4,7-8,11,14,17H2,1-2H3,(H,29,33)/b23-16-. The zero-order valence-corrected chi connectivity index (χ0v) is 23.3. The average molecular weight is 565 g/mol. The zero-order chi connectivity index (χ0) is 27.5. The van der Waals surface area contributed by atoms with Crippen LogP contribution in [0.4, 0.5) is 5.69 Å². The van der Waals surface area contributed by atoms with Crippen molar-refractivity contribution in [2.24, 2.45) is 7.05 Å². The van der Waals surface area contributed by atoms with Gasteiger partial charge in [-0.2, -0.15) is 0 Å². The van der Waals surface area contributed by atoms with Crippen LogP contribution in [0.2, 0.25) is 0 Å². The summed E-state index contributed by atoms with van der Waals surface area (Å²) in [5.41, 5.74) is 2.28. The summed E-state index contributed by atoms with van der Waals surface area (Å²) in [4.78, 5) is 40.7. The fourth-order valence-electron chi connectivity index (χ4n) is 4.49. The number of unbranched alkanes of at least 4 members (excludes halogenated alkanes) is 2. The Morgan fingerprint density at radius 3 is 2.64 bits per heavy atom. The lowest BCUT2D eigenvalue weighted by molar-refractivity contribution is -0.122. The number of nitrogens with one attached hydrogen (secondary N) is 1. The number of para-hydroxylation sites is 1. The highest BCUT2D eigenvalue weighted by atomic mass is 32.2. The molecule has 202 valence electrons. The number of nitrogens with zero attached hydrogens (tertiary/aromatic N) is 3. The summed E-state index contributed by atoms with van der Waals surface area (Å²) in [6, 6.07) is 14.8. The molecule has 0 bridgehead atoms. The van der Waals surface area contributed by atoms with Gasteiger partial charge in [-0.3, -0.25) is 24.0 Å². The second-order valence-corrected chi connectivity index (χ2v) is 10.9. The van der Waals surface area contributed by atoms with Gasteiger partial charge in [-0.15, -0.1) is 0 Å². The smallest absolute Gasteiger partial charge is 0.295 e. The van der Waals surface area contributed by atoms with Gasteiger partial charge in [-0.25, -0.2) is 4.68 Å². The molecule has 1 aromatic heterocycles. The molecule has 1 saturated heterocycles. The van der Waals surface area contributed by atoms with Crippen LogP contribution in [0.1, 0.15) is 36.9 Å². The van der Waals surface area contributed by atoms with E-state index in [9.17, 15) is 14.4 Å². The van der Waals surface area contributed by atoms with Crippen LogP contribution in [0.3, 0.4) is 0 Å². The van der Waals surface area contributed by atoms with Gasteiger partial charge in [0.15, 0.2) is 11.5 Å². The lowest BCUT2D eigenvalue weighted by Gasteiger charge is -2.14. The Morgan fingerprint density at radius 1 is 1.08 bits per heavy atom. The Labute approximate surface area is 235 Å². The second-order valence-electron chi connectivity index (χ2n) is 9.24. The Kier molecular flexibility index (Phi) is 7.89. The summed E-state index contributed by atoms with van der Waals surface area (Å²) >= 11 is 6.72. The number of carbonyl (C=O) groups excluding carboxylic acids is 2. The highest BCUT2D eigenvalue weighted by Gasteiger charge is 2.31. The molecule has 0 saturated carbocycles. The summed E-state index contributed by atoms with van der Waals surface area (Å²) in [6.45, 7) is 2.49. The number of carbonyl (C=O) groups is 2. The van der Waals surface area contributed by atoms with Crippen LogP contribution in [-0.2, 0) is 16.6 Å². The minimum atomic E-state index is -0.266. The molecule has 3 heterocycles. The van der Waals surface area contributed by atoms with Crippen molar-refractivity contribution in [3.8, 4) is 17.2 Å². The monoisotopic (exact) mass is 564 g/mol. The van der Waals surface area contributed by atoms with Crippen LogP contribution < -0.4 is 20.3 Å². The second kappa shape index (κ2) is 11.5. The molecule has 0 spiro atoms. The molecule has 5 rings (SSSR count). The Balaban J connectivity index is 1.10. The van der Waals surface area contributed by atoms with Crippen molar-refractivity contribution in [2.75, 3.05) is 18.7 Å². The maximum atomic E-state index is 13.0. The number of hydrogen-bond donors (Lipinski definition) is 1. The normalized spacial score (nSPS) is 15.4. The molecule has 0 atom stereocenters. The van der Waals surface area contributed by atoms with Crippen LogP contribution >= 0.6 is 24.0 Å². The number of amides is 2. The molecule has 0 unspecified atom stereocenters. The van der Waals surface area contributed by atoms with Crippen molar-refractivity contribution in [2.45, 2.75) is 32.6 Å². The highest BCUT2D eigenvalue weighted by Crippen LogP contribution is 2.36. The van der Waals surface area contributed by atoms with Crippen LogP contribution in [0.5, 0.6) is 11.5 Å². The topological polar surface area (TPSA) is 94.8 Å². The first kappa shape index (κ1) is 26.8. The van der Waals surface area contributed by atoms with Gasteiger partial charge in [0.2, 0.25) is 12.7 Å². The largest absolute Gasteiger partial charge is 0.454 e. The minimum absolute atomic E-state index is 0.116. The van der Waals surface area contributed by atoms with Crippen molar-refractivity contribution in [3.63, 3.8) is 0 Å². The predicted molar refractivity (Wildman–Crippen MR) is 155 cm³/mol. The third-order valence-electron chi connectivity index (χ3n) is 6.67. The Morgan fingerprint density at radius 2 is 1.85 bits per heavy atom. The van der Waals surface area contributed by atoms with E-state index in [-0.39, 0.29) is 36.3 Å². The maximum absolute atomic E-state index is 13.0. The summed E-state index contributed by atoms with van der Waals surface area (Å²) in [7, 11) is 1.79. The molecule has 3 aromatic rings. The van der Waals surface area contributed by atoms with Crippen LogP contribution in [-0.4, -0.2) is 43.7 Å². The molecule has 2 amide bonds. The van der Waals surface area contributed by atoms with E-state index in [2.05, 4.69) is 5.32 Å². The van der Waals surface area contributed by atoms with Gasteiger partial charge < -0.3 is 14.8 Å². The van der Waals surface area contributed by atoms with Crippen molar-refractivity contribution >= 4 is 51.9 Å². The summed E-state index contributed by atoms with van der Waals surface area (Å²) < 4.78 is 14.5. The molecule has 1 N–H and O–H groups in total. The number of hydrogen-bond acceptors (Lipinski definition) is 7. The van der Waals surface area contributed by atoms with Gasteiger partial charge in [0, 0.05) is 20.0 Å². The first-order valence-electron chi connectivity index (χ1n) is 12.6. The first-order chi connectivity index (χ1) is 18.8. The lowest BCUT2D eigenvalue weighted by Crippen LogP contribution is -2.29. The maximum Gasteiger partial charge on any atom is 0.295 e. The quantitative estimate of drug-likeness (QED) is 0.230. The number of aromatic nitrogens is 2. The fourth-order valence-corrected chi connectivity index (χ4v) is 5.80. The molecule has 39 heavy (non-hydrogen) atoms. The van der Waals surface area contributed by atoms with Gasteiger partial charge in [-0.1, -0.05) is 54.7 Å². The number of thiocarbonyl (C=S) groups is 1. The molecule has 11 heteroatoms. The SMILES string of the molecule is Cc1c(NC(=O)CCCCCN2C(=O)/C(=C/c3ccc4c(c3)OCO4)SC2=S)c(=O)n(-c2ccccc2)n1C. The van der Waals surface area contributed by atoms with Gasteiger partial charge in [-0.05, 0) is 55.7 Å². The summed E-state index contributed by atoms with van der Waals surface area (Å²) in [5.74, 6) is 1.03. The summed E-state index contributed by atoms with van der Waals surface area (Å²) in [6.07, 6.45) is 4.17. The number of fused-ring (bicyclic) bond motifs is 1. The van der Waals surface area contributed by atoms with Crippen LogP contribution in [0.25, 0.3) is 11.8 Å². The van der Waals surface area contributed by atoms with E-state index in [0.29, 0.717) is 45.8 Å². The minimum Gasteiger partial charge on any atom is -0.454 e. The van der Waals surface area contributed by atoms with Crippen LogP contribution in [0.15, 0.2) is 58.2 Å². The zero-order valence-electron chi connectivity index (χ0n) is 21.6. The number of benzene rings is 2. The van der Waals surface area contributed by atoms with Crippen molar-refractivity contribution in [1.82, 2.24) is 14.3 Å². The number of thioether (sulfide) groups is 1. The lowest BCUT2D eigenvalue weighted by atomic mass is 10.1. The van der Waals surface area contributed by atoms with E-state index in [1.54, 1.807) is 23.6 Å². The van der Waals surface area contributed by atoms with Crippen molar-refractivity contribution < 1.29 is 19.1 Å². The van der Waals surface area contributed by atoms with Gasteiger partial charge >= 0.3 is 0 Å². The molecular formula is C28H28N4O5S2. The predicted octanol–water partition coefficient (Wildman–Crippen LogP) is 4.61. The van der Waals surface area contributed by atoms with E-state index in [1.165, 1.54) is 16.4 Å². The van der Waals surface area contributed by atoms with Crippen molar-refractivity contribution in [3.05, 3.63) is 75.0 Å². The van der Waals surface area contributed by atoms with Gasteiger partial charge in [0.25, 0.3) is 11.5 Å². The van der Waals surface area contributed by atoms with E-state index in [4.69, 9.17) is 21.7 Å². The number of rotatable bonds is 9. The fraction of sp³-hybridized carbons (Fsp3) is 0.286. The third kappa shape index (κ3) is 5.64. The molecule has 2 aliphatic rings. The van der Waals surface area contributed by atoms with E-state index < -0.39 is 0 Å². The molecule has 1 fully saturated rings. The van der Waals surface area contributed by atoms with Gasteiger partial charge in [0.1, 0.15) is 10.0 Å². The molecule has 2 aromatic carbocycles. The highest BCUT2D eigenvalue weighted by molar-refractivity contribution is 8.26. The molecule has 9 nitrogen and oxygen atoms in total. The molecule has 0 aliphatic carbocycles. The number of ether oxygens (including phenoxy) is 2. The molecule has 0 radical (unpaired) electrons. The van der Waals surface area contributed by atoms with Crippen LogP contribution in [0, 0.1) is 6.92 Å². The first-order valence-corrected chi connectivity index (χ1v) is 13.8. The van der Waals surface area contributed by atoms with E-state index in [0.717, 1.165) is 17.7 Å².